The lowest BCUT2D eigenvalue weighted by Crippen LogP contribution is -2.50. The maximum Gasteiger partial charge on any atom is 0.227 e. The molecule has 1 aromatic rings. The molecule has 6 heteroatoms. The molecule has 1 aromatic carbocycles. The summed E-state index contributed by atoms with van der Waals surface area (Å²) in [5, 5.41) is 2.87. The maximum atomic E-state index is 12.7. The van der Waals surface area contributed by atoms with Crippen molar-refractivity contribution in [2.75, 3.05) is 33.9 Å². The predicted octanol–water partition coefficient (Wildman–Crippen LogP) is 1.63. The molecule has 2 atom stereocenters. The average molecular weight is 348 g/mol. The van der Waals surface area contributed by atoms with E-state index in [0.717, 1.165) is 24.2 Å². The van der Waals surface area contributed by atoms with Crippen LogP contribution in [-0.4, -0.2) is 56.7 Å². The van der Waals surface area contributed by atoms with Crippen LogP contribution in [0.15, 0.2) is 24.3 Å². The monoisotopic (exact) mass is 348 g/mol. The molecule has 2 amide bonds. The SMILES string of the molecule is COCCNC(=O)[C@@H]1CC[C@H](C)N(C(=O)Cc2ccc(OC)cc2)C1. The number of nitrogens with one attached hydrogen (secondary N) is 1. The first-order chi connectivity index (χ1) is 12.0. The number of carbonyl (C=O) groups excluding carboxylic acids is 2. The molecule has 0 unspecified atom stereocenters. The number of hydrogen-bond donors (Lipinski definition) is 1. The zero-order chi connectivity index (χ0) is 18.2. The number of methoxy groups -OCH3 is 2. The molecule has 0 aliphatic carbocycles. The molecule has 0 saturated carbocycles. The zero-order valence-corrected chi connectivity index (χ0v) is 15.3. The van der Waals surface area contributed by atoms with Crippen molar-refractivity contribution in [1.82, 2.24) is 10.2 Å². The average Bonchev–Trinajstić information content (AvgIpc) is 2.62. The summed E-state index contributed by atoms with van der Waals surface area (Å²) in [5.74, 6) is 0.696. The minimum absolute atomic E-state index is 0.00574. The van der Waals surface area contributed by atoms with E-state index in [0.29, 0.717) is 26.1 Å². The van der Waals surface area contributed by atoms with Gasteiger partial charge in [-0.25, -0.2) is 0 Å². The number of benzene rings is 1. The van der Waals surface area contributed by atoms with Crippen LogP contribution in [0.2, 0.25) is 0 Å². The Kier molecular flexibility index (Phi) is 7.25. The molecule has 0 aromatic heterocycles. The van der Waals surface area contributed by atoms with Gasteiger partial charge in [0.05, 0.1) is 26.1 Å². The summed E-state index contributed by atoms with van der Waals surface area (Å²) >= 11 is 0. The van der Waals surface area contributed by atoms with Gasteiger partial charge in [-0.2, -0.15) is 0 Å². The van der Waals surface area contributed by atoms with E-state index >= 15 is 0 Å². The summed E-state index contributed by atoms with van der Waals surface area (Å²) < 4.78 is 10.1. The summed E-state index contributed by atoms with van der Waals surface area (Å²) in [6.45, 7) is 3.52. The highest BCUT2D eigenvalue weighted by Gasteiger charge is 2.32. The molecule has 1 aliphatic heterocycles. The Morgan fingerprint density at radius 3 is 2.56 bits per heavy atom. The van der Waals surface area contributed by atoms with Crippen LogP contribution in [0.1, 0.15) is 25.3 Å². The first-order valence-electron chi connectivity index (χ1n) is 8.74. The molecule has 6 nitrogen and oxygen atoms in total. The number of rotatable bonds is 7. The zero-order valence-electron chi connectivity index (χ0n) is 15.3. The molecule has 2 rings (SSSR count). The van der Waals surface area contributed by atoms with Crippen LogP contribution < -0.4 is 10.1 Å². The van der Waals surface area contributed by atoms with Gasteiger partial charge in [0, 0.05) is 26.2 Å². The molecule has 1 heterocycles. The van der Waals surface area contributed by atoms with Gasteiger partial charge < -0.3 is 19.7 Å². The molecule has 25 heavy (non-hydrogen) atoms. The van der Waals surface area contributed by atoms with Crippen LogP contribution in [0, 0.1) is 5.92 Å². The third kappa shape index (κ3) is 5.46. The van der Waals surface area contributed by atoms with Gasteiger partial charge in [0.1, 0.15) is 5.75 Å². The van der Waals surface area contributed by atoms with Crippen molar-refractivity contribution in [2.45, 2.75) is 32.2 Å². The van der Waals surface area contributed by atoms with Gasteiger partial charge >= 0.3 is 0 Å². The molecule has 0 spiro atoms. The highest BCUT2D eigenvalue weighted by atomic mass is 16.5. The first-order valence-corrected chi connectivity index (χ1v) is 8.74. The molecule has 1 saturated heterocycles. The van der Waals surface area contributed by atoms with Gasteiger partial charge in [-0.1, -0.05) is 12.1 Å². The molecule has 138 valence electrons. The quantitative estimate of drug-likeness (QED) is 0.761. The number of piperidine rings is 1. The highest BCUT2D eigenvalue weighted by Crippen LogP contribution is 2.23. The fourth-order valence-corrected chi connectivity index (χ4v) is 3.11. The molecular formula is C19H28N2O4. The van der Waals surface area contributed by atoms with Crippen LogP contribution >= 0.6 is 0 Å². The number of carbonyl (C=O) groups is 2. The molecule has 0 bridgehead atoms. The van der Waals surface area contributed by atoms with E-state index in [9.17, 15) is 9.59 Å². The second-order valence-electron chi connectivity index (χ2n) is 6.48. The third-order valence-electron chi connectivity index (χ3n) is 4.69. The fourth-order valence-electron chi connectivity index (χ4n) is 3.11. The smallest absolute Gasteiger partial charge is 0.227 e. The van der Waals surface area contributed by atoms with Crippen molar-refractivity contribution in [1.29, 1.82) is 0 Å². The van der Waals surface area contributed by atoms with Crippen LogP contribution in [-0.2, 0) is 20.7 Å². The predicted molar refractivity (Wildman–Crippen MR) is 95.5 cm³/mol. The van der Waals surface area contributed by atoms with E-state index in [1.54, 1.807) is 14.2 Å². The minimum Gasteiger partial charge on any atom is -0.497 e. The van der Waals surface area contributed by atoms with Crippen LogP contribution in [0.5, 0.6) is 5.75 Å². The van der Waals surface area contributed by atoms with E-state index in [1.807, 2.05) is 36.1 Å². The van der Waals surface area contributed by atoms with Crippen molar-refractivity contribution >= 4 is 11.8 Å². The number of likely N-dealkylation sites (tertiary alicyclic amines) is 1. The summed E-state index contributed by atoms with van der Waals surface area (Å²) in [5.41, 5.74) is 0.949. The Balaban J connectivity index is 1.93. The molecule has 1 aliphatic rings. The highest BCUT2D eigenvalue weighted by molar-refractivity contribution is 5.82. The van der Waals surface area contributed by atoms with Crippen molar-refractivity contribution in [3.63, 3.8) is 0 Å². The second kappa shape index (κ2) is 9.42. The standard InChI is InChI=1S/C19H28N2O4/c1-14-4-7-16(19(23)20-10-11-24-2)13-21(14)18(22)12-15-5-8-17(25-3)9-6-15/h5-6,8-9,14,16H,4,7,10-13H2,1-3H3,(H,20,23)/t14-,16+/m0/s1. The van der Waals surface area contributed by atoms with Crippen LogP contribution in [0.4, 0.5) is 0 Å². The topological polar surface area (TPSA) is 67.9 Å². The summed E-state index contributed by atoms with van der Waals surface area (Å²) in [6.07, 6.45) is 2.00. The van der Waals surface area contributed by atoms with E-state index in [2.05, 4.69) is 5.32 Å². The summed E-state index contributed by atoms with van der Waals surface area (Å²) in [6, 6.07) is 7.68. The number of nitrogens with zero attached hydrogens (tertiary/aromatic N) is 1. The maximum absolute atomic E-state index is 12.7. The molecule has 0 radical (unpaired) electrons. The van der Waals surface area contributed by atoms with E-state index < -0.39 is 0 Å². The number of amides is 2. The molecular weight excluding hydrogens is 320 g/mol. The Morgan fingerprint density at radius 1 is 1.20 bits per heavy atom. The largest absolute Gasteiger partial charge is 0.497 e. The number of ether oxygens (including phenoxy) is 2. The van der Waals surface area contributed by atoms with Gasteiger partial charge in [-0.15, -0.1) is 0 Å². The second-order valence-corrected chi connectivity index (χ2v) is 6.48. The van der Waals surface area contributed by atoms with Crippen molar-refractivity contribution < 1.29 is 19.1 Å². The lowest BCUT2D eigenvalue weighted by molar-refractivity contribution is -0.137. The molecule has 1 fully saturated rings. The fraction of sp³-hybridized carbons (Fsp3) is 0.579. The van der Waals surface area contributed by atoms with Crippen molar-refractivity contribution in [2.24, 2.45) is 5.92 Å². The van der Waals surface area contributed by atoms with E-state index in [1.165, 1.54) is 0 Å². The van der Waals surface area contributed by atoms with Crippen LogP contribution in [0.3, 0.4) is 0 Å². The van der Waals surface area contributed by atoms with E-state index in [-0.39, 0.29) is 23.8 Å². The normalized spacial score (nSPS) is 20.2. The minimum atomic E-state index is -0.145. The Hall–Kier alpha value is -2.08. The van der Waals surface area contributed by atoms with Gasteiger partial charge in [-0.3, -0.25) is 9.59 Å². The van der Waals surface area contributed by atoms with Crippen molar-refractivity contribution in [3.8, 4) is 5.75 Å². The lowest BCUT2D eigenvalue weighted by atomic mass is 9.92. The summed E-state index contributed by atoms with van der Waals surface area (Å²) in [7, 11) is 3.22. The third-order valence-corrected chi connectivity index (χ3v) is 4.69. The van der Waals surface area contributed by atoms with Gasteiger partial charge in [0.2, 0.25) is 11.8 Å². The lowest BCUT2D eigenvalue weighted by Gasteiger charge is -2.37. The first kappa shape index (κ1) is 19.2. The van der Waals surface area contributed by atoms with Crippen molar-refractivity contribution in [3.05, 3.63) is 29.8 Å². The Labute approximate surface area is 149 Å². The van der Waals surface area contributed by atoms with Gasteiger partial charge in [0.25, 0.3) is 0 Å². The number of hydrogen-bond acceptors (Lipinski definition) is 4. The van der Waals surface area contributed by atoms with Gasteiger partial charge in [-0.05, 0) is 37.5 Å². The summed E-state index contributed by atoms with van der Waals surface area (Å²) in [4.78, 5) is 26.8. The Bertz CT molecular complexity index is 573. The molecule has 1 N–H and O–H groups in total. The van der Waals surface area contributed by atoms with Crippen LogP contribution in [0.25, 0.3) is 0 Å². The van der Waals surface area contributed by atoms with Gasteiger partial charge in [0.15, 0.2) is 0 Å². The Morgan fingerprint density at radius 2 is 1.92 bits per heavy atom. The van der Waals surface area contributed by atoms with E-state index in [4.69, 9.17) is 9.47 Å².